The Morgan fingerprint density at radius 3 is 2.00 bits per heavy atom. The van der Waals surface area contributed by atoms with Gasteiger partial charge in [-0.1, -0.05) is 44.8 Å². The molecule has 1 aliphatic rings. The fourth-order valence-corrected chi connectivity index (χ4v) is 3.14. The Balaban J connectivity index is 2.89. The van der Waals surface area contributed by atoms with Gasteiger partial charge in [0, 0.05) is 0 Å². The summed E-state index contributed by atoms with van der Waals surface area (Å²) in [5, 5.41) is 0. The molecule has 14 heavy (non-hydrogen) atoms. The van der Waals surface area contributed by atoms with E-state index in [1.54, 1.807) is 5.57 Å². The summed E-state index contributed by atoms with van der Waals surface area (Å²) in [5.41, 5.74) is 3.53. The van der Waals surface area contributed by atoms with Crippen molar-refractivity contribution in [2.75, 3.05) is 0 Å². The second-order valence-corrected chi connectivity index (χ2v) is 5.86. The third-order valence-corrected chi connectivity index (χ3v) is 4.50. The highest BCUT2D eigenvalue weighted by atomic mass is 14.4. The lowest BCUT2D eigenvalue weighted by molar-refractivity contribution is 0.214. The van der Waals surface area contributed by atoms with Gasteiger partial charge in [0.25, 0.3) is 0 Å². The maximum Gasteiger partial charge on any atom is -0.0114 e. The summed E-state index contributed by atoms with van der Waals surface area (Å²) >= 11 is 0. The molecule has 0 amide bonds. The van der Waals surface area contributed by atoms with E-state index in [0.29, 0.717) is 5.41 Å². The van der Waals surface area contributed by atoms with Crippen LogP contribution >= 0.6 is 0 Å². The molecule has 0 heteroatoms. The molecule has 0 spiro atoms. The van der Waals surface area contributed by atoms with E-state index in [9.17, 15) is 0 Å². The molecule has 1 fully saturated rings. The van der Waals surface area contributed by atoms with E-state index in [4.69, 9.17) is 0 Å². The summed E-state index contributed by atoms with van der Waals surface area (Å²) < 4.78 is 0. The van der Waals surface area contributed by atoms with Crippen molar-refractivity contribution in [2.24, 2.45) is 17.3 Å². The third kappa shape index (κ3) is 2.04. The van der Waals surface area contributed by atoms with Crippen molar-refractivity contribution in [3.8, 4) is 0 Å². The Kier molecular flexibility index (Phi) is 3.44. The highest BCUT2D eigenvalue weighted by molar-refractivity contribution is 5.17. The van der Waals surface area contributed by atoms with Gasteiger partial charge in [0.05, 0.1) is 0 Å². The zero-order valence-electron chi connectivity index (χ0n) is 10.8. The Morgan fingerprint density at radius 2 is 1.64 bits per heavy atom. The summed E-state index contributed by atoms with van der Waals surface area (Å²) in [6.45, 7) is 14.1. The number of hydrogen-bond acceptors (Lipinski definition) is 0. The van der Waals surface area contributed by atoms with Gasteiger partial charge in [-0.15, -0.1) is 0 Å². The summed E-state index contributed by atoms with van der Waals surface area (Å²) in [6.07, 6.45) is 4.30. The molecule has 2 atom stereocenters. The Bertz CT molecular complexity index is 228. The second kappa shape index (κ2) is 4.08. The van der Waals surface area contributed by atoms with Gasteiger partial charge in [0.15, 0.2) is 0 Å². The largest absolute Gasteiger partial charge is 0.0770 e. The van der Waals surface area contributed by atoms with Gasteiger partial charge >= 0.3 is 0 Å². The van der Waals surface area contributed by atoms with Crippen LogP contribution < -0.4 is 0 Å². The van der Waals surface area contributed by atoms with E-state index >= 15 is 0 Å². The minimum atomic E-state index is 0.411. The molecule has 0 radical (unpaired) electrons. The van der Waals surface area contributed by atoms with E-state index in [0.717, 1.165) is 11.8 Å². The zero-order chi connectivity index (χ0) is 10.9. The van der Waals surface area contributed by atoms with E-state index in [1.807, 2.05) is 0 Å². The maximum absolute atomic E-state index is 2.43. The average Bonchev–Trinajstić information content (AvgIpc) is 2.50. The molecule has 0 aromatic carbocycles. The quantitative estimate of drug-likeness (QED) is 0.554. The number of allylic oxidation sites excluding steroid dienone is 2. The maximum atomic E-state index is 2.43. The van der Waals surface area contributed by atoms with Gasteiger partial charge < -0.3 is 0 Å². The normalized spacial score (nSPS) is 27.9. The van der Waals surface area contributed by atoms with Crippen LogP contribution in [0.1, 0.15) is 60.8 Å². The van der Waals surface area contributed by atoms with Crippen LogP contribution in [0.25, 0.3) is 0 Å². The summed E-state index contributed by atoms with van der Waals surface area (Å²) in [4.78, 5) is 0. The van der Waals surface area contributed by atoms with E-state index in [2.05, 4.69) is 41.5 Å². The lowest BCUT2D eigenvalue weighted by Gasteiger charge is -2.36. The van der Waals surface area contributed by atoms with Crippen molar-refractivity contribution in [1.29, 1.82) is 0 Å². The van der Waals surface area contributed by atoms with Gasteiger partial charge in [-0.3, -0.25) is 0 Å². The summed E-state index contributed by atoms with van der Waals surface area (Å²) in [7, 11) is 0. The van der Waals surface area contributed by atoms with Crippen LogP contribution in [0.15, 0.2) is 11.1 Å². The number of hydrogen-bond donors (Lipinski definition) is 0. The average molecular weight is 194 g/mol. The minimum Gasteiger partial charge on any atom is -0.0770 e. The second-order valence-electron chi connectivity index (χ2n) is 5.86. The molecule has 1 rings (SSSR count). The lowest BCUT2D eigenvalue weighted by Crippen LogP contribution is -2.27. The van der Waals surface area contributed by atoms with Crippen molar-refractivity contribution in [3.63, 3.8) is 0 Å². The van der Waals surface area contributed by atoms with Crippen molar-refractivity contribution in [3.05, 3.63) is 11.1 Å². The molecule has 0 saturated heterocycles. The molecule has 0 bridgehead atoms. The van der Waals surface area contributed by atoms with Gasteiger partial charge in [-0.25, -0.2) is 0 Å². The topological polar surface area (TPSA) is 0 Å². The first-order valence-electron chi connectivity index (χ1n) is 6.02. The highest BCUT2D eigenvalue weighted by Crippen LogP contribution is 2.47. The molecular weight excluding hydrogens is 168 g/mol. The third-order valence-electron chi connectivity index (χ3n) is 4.50. The molecule has 0 aliphatic heterocycles. The first-order chi connectivity index (χ1) is 6.37. The Morgan fingerprint density at radius 1 is 1.07 bits per heavy atom. The minimum absolute atomic E-state index is 0.411. The van der Waals surface area contributed by atoms with Crippen LogP contribution in [0.4, 0.5) is 0 Å². The molecule has 0 aromatic rings. The van der Waals surface area contributed by atoms with Crippen molar-refractivity contribution in [2.45, 2.75) is 60.8 Å². The van der Waals surface area contributed by atoms with E-state index in [-0.39, 0.29) is 0 Å². The van der Waals surface area contributed by atoms with Crippen LogP contribution in [0.2, 0.25) is 0 Å². The molecular formula is C14H26. The summed E-state index contributed by atoms with van der Waals surface area (Å²) in [6, 6.07) is 0. The predicted molar refractivity (Wildman–Crippen MR) is 64.3 cm³/mol. The van der Waals surface area contributed by atoms with Crippen LogP contribution in [0, 0.1) is 17.3 Å². The monoisotopic (exact) mass is 194 g/mol. The fraction of sp³-hybridized carbons (Fsp3) is 0.857. The van der Waals surface area contributed by atoms with E-state index < -0.39 is 0 Å². The van der Waals surface area contributed by atoms with Crippen molar-refractivity contribution in [1.82, 2.24) is 0 Å². The van der Waals surface area contributed by atoms with Gasteiger partial charge in [-0.05, 0) is 44.4 Å². The molecule has 0 unspecified atom stereocenters. The standard InChI is InChI=1S/C14H26/c1-10(2)12(4)14(5,6)13-9-7-8-11(13)3/h11,13H,7-9H2,1-6H3/t11-,13+/m0/s1. The van der Waals surface area contributed by atoms with Gasteiger partial charge in [0.1, 0.15) is 0 Å². The molecule has 0 N–H and O–H groups in total. The van der Waals surface area contributed by atoms with Crippen molar-refractivity contribution < 1.29 is 0 Å². The van der Waals surface area contributed by atoms with Crippen LogP contribution in [0.3, 0.4) is 0 Å². The highest BCUT2D eigenvalue weighted by Gasteiger charge is 2.37. The summed E-state index contributed by atoms with van der Waals surface area (Å²) in [5.74, 6) is 1.82. The van der Waals surface area contributed by atoms with Crippen LogP contribution in [-0.4, -0.2) is 0 Å². The molecule has 1 saturated carbocycles. The predicted octanol–water partition coefficient (Wildman–Crippen LogP) is 4.81. The van der Waals surface area contributed by atoms with Crippen LogP contribution in [0.5, 0.6) is 0 Å². The zero-order valence-corrected chi connectivity index (χ0v) is 10.8. The van der Waals surface area contributed by atoms with Gasteiger partial charge in [0.2, 0.25) is 0 Å². The first kappa shape index (κ1) is 11.8. The first-order valence-corrected chi connectivity index (χ1v) is 6.02. The van der Waals surface area contributed by atoms with Gasteiger partial charge in [-0.2, -0.15) is 0 Å². The molecule has 82 valence electrons. The molecule has 0 nitrogen and oxygen atoms in total. The smallest absolute Gasteiger partial charge is 0.0114 e. The number of rotatable bonds is 2. The molecule has 1 aliphatic carbocycles. The molecule has 0 heterocycles. The Hall–Kier alpha value is -0.260. The SMILES string of the molecule is CC(C)=C(C)C(C)(C)[C@@H]1CCC[C@@H]1C. The molecule has 0 aromatic heterocycles. The van der Waals surface area contributed by atoms with Crippen molar-refractivity contribution >= 4 is 0 Å². The van der Waals surface area contributed by atoms with Crippen LogP contribution in [-0.2, 0) is 0 Å². The van der Waals surface area contributed by atoms with E-state index in [1.165, 1.54) is 24.8 Å². The Labute approximate surface area is 89.8 Å². The lowest BCUT2D eigenvalue weighted by atomic mass is 9.68. The fourth-order valence-electron chi connectivity index (χ4n) is 3.14.